The van der Waals surface area contributed by atoms with E-state index in [0.717, 1.165) is 24.9 Å². The fraction of sp³-hybridized carbons (Fsp3) is 0.593. The number of likely N-dealkylation sites (N-methyl/N-ethyl adjacent to an activating group) is 1. The Bertz CT molecular complexity index is 1090. The van der Waals surface area contributed by atoms with Crippen molar-refractivity contribution in [3.8, 4) is 0 Å². The van der Waals surface area contributed by atoms with Crippen molar-refractivity contribution in [2.24, 2.45) is 0 Å². The molecule has 0 aliphatic heterocycles. The molecule has 0 fully saturated rings. The molecule has 2 aromatic carbocycles. The minimum atomic E-state index is -0.555. The Morgan fingerprint density at radius 1 is 1.00 bits per heavy atom. The van der Waals surface area contributed by atoms with Gasteiger partial charge in [0.15, 0.2) is 0 Å². The number of fused-ring (bicyclic) bond motifs is 1. The number of carbonyl (C=O) groups excluding carboxylic acids is 1. The van der Waals surface area contributed by atoms with Gasteiger partial charge in [0.1, 0.15) is 11.4 Å². The van der Waals surface area contributed by atoms with Crippen LogP contribution in [-0.4, -0.2) is 94.9 Å². The summed E-state index contributed by atoms with van der Waals surface area (Å²) in [5.74, 6) is -0.0246. The van der Waals surface area contributed by atoms with Crippen LogP contribution >= 0.6 is 0 Å². The number of carbonyl (C=O) groups is 1. The Balaban J connectivity index is 1.37. The number of hydrogen-bond acceptors (Lipinski definition) is 10. The van der Waals surface area contributed by atoms with Crippen LogP contribution in [0.15, 0.2) is 33.9 Å². The highest BCUT2D eigenvalue weighted by atomic mass is 16.5. The summed E-state index contributed by atoms with van der Waals surface area (Å²) >= 11 is 0. The first-order valence-electron chi connectivity index (χ1n) is 13.2. The predicted octanol–water partition coefficient (Wildman–Crippen LogP) is 0.273. The van der Waals surface area contributed by atoms with Gasteiger partial charge >= 0.3 is 0 Å². The van der Waals surface area contributed by atoms with Crippen molar-refractivity contribution in [2.75, 3.05) is 83.5 Å². The van der Waals surface area contributed by atoms with Gasteiger partial charge in [0.05, 0.1) is 58.3 Å². The number of amides is 1. The normalized spacial score (nSPS) is 16.6. The molecule has 0 bridgehead atoms. The Kier molecular flexibility index (Phi) is 12.2. The lowest BCUT2D eigenvalue weighted by Gasteiger charge is -2.24. The summed E-state index contributed by atoms with van der Waals surface area (Å²) in [5, 5.41) is 17.7. The molecule has 210 valence electrons. The molecule has 0 saturated carbocycles. The molecular formula is C27H40N4O7. The fourth-order valence-electron chi connectivity index (χ4n) is 4.56. The average molecular weight is 533 g/mol. The largest absolute Gasteiger partial charge is 0.394 e. The second kappa shape index (κ2) is 15.6. The Hall–Kier alpha value is -2.83. The number of nitrogens with one attached hydrogen (secondary N) is 3. The summed E-state index contributed by atoms with van der Waals surface area (Å²) in [6.45, 7) is 5.52. The van der Waals surface area contributed by atoms with Gasteiger partial charge in [0.2, 0.25) is 5.91 Å². The lowest BCUT2D eigenvalue weighted by molar-refractivity contribution is -0.124. The van der Waals surface area contributed by atoms with Gasteiger partial charge < -0.3 is 35.3 Å². The van der Waals surface area contributed by atoms with E-state index >= 15 is 0 Å². The van der Waals surface area contributed by atoms with E-state index in [4.69, 9.17) is 19.3 Å². The van der Waals surface area contributed by atoms with Gasteiger partial charge in [-0.3, -0.25) is 19.3 Å². The molecule has 38 heavy (non-hydrogen) atoms. The van der Waals surface area contributed by atoms with Gasteiger partial charge in [-0.2, -0.15) is 0 Å². The van der Waals surface area contributed by atoms with E-state index in [1.165, 1.54) is 5.56 Å². The molecule has 2 atom stereocenters. The number of anilines is 2. The highest BCUT2D eigenvalue weighted by Crippen LogP contribution is 2.33. The van der Waals surface area contributed by atoms with Crippen LogP contribution in [-0.2, 0) is 25.4 Å². The molecule has 2 aromatic rings. The van der Waals surface area contributed by atoms with E-state index in [2.05, 4.69) is 28.9 Å². The molecule has 11 heteroatoms. The van der Waals surface area contributed by atoms with E-state index in [9.17, 15) is 14.4 Å². The monoisotopic (exact) mass is 532 g/mol. The number of hydrogen-bond donors (Lipinski definition) is 4. The van der Waals surface area contributed by atoms with Crippen molar-refractivity contribution in [3.63, 3.8) is 0 Å². The predicted molar refractivity (Wildman–Crippen MR) is 146 cm³/mol. The summed E-state index contributed by atoms with van der Waals surface area (Å²) in [5.41, 5.74) is 1.66. The highest BCUT2D eigenvalue weighted by Gasteiger charge is 2.34. The van der Waals surface area contributed by atoms with Crippen LogP contribution in [0.1, 0.15) is 30.5 Å². The highest BCUT2D eigenvalue weighted by molar-refractivity contribution is 5.79. The Labute approximate surface area is 223 Å². The zero-order chi connectivity index (χ0) is 27.3. The van der Waals surface area contributed by atoms with Crippen LogP contribution in [0.2, 0.25) is 0 Å². The van der Waals surface area contributed by atoms with Crippen LogP contribution in [0.4, 0.5) is 11.4 Å². The second-order valence-electron chi connectivity index (χ2n) is 9.31. The maximum Gasteiger partial charge on any atom is 0.253 e. The van der Waals surface area contributed by atoms with Crippen molar-refractivity contribution < 1.29 is 24.1 Å². The van der Waals surface area contributed by atoms with Gasteiger partial charge in [-0.1, -0.05) is 31.2 Å². The lowest BCUT2D eigenvalue weighted by Crippen LogP contribution is -2.41. The number of rotatable bonds is 19. The molecule has 1 amide bonds. The van der Waals surface area contributed by atoms with Crippen molar-refractivity contribution in [1.82, 2.24) is 10.2 Å². The third-order valence-electron chi connectivity index (χ3n) is 6.32. The van der Waals surface area contributed by atoms with Gasteiger partial charge in [0, 0.05) is 19.5 Å². The maximum atomic E-state index is 12.6. The standard InChI is InChI=1S/C27H40N4O7/c1-3-10-31(2)18-22(33)30-23-20-7-5-4-6-19(20)17-21(23)38-16-15-37-13-9-29-25-24(26(34)27(25)35)28-8-12-36-14-11-32/h4-7,21,23,28-29,32H,3,8-18H2,1-2H3,(H,30,33). The summed E-state index contributed by atoms with van der Waals surface area (Å²) in [7, 11) is 1.94. The number of aliphatic hydroxyl groups excluding tert-OH is 1. The van der Waals surface area contributed by atoms with Gasteiger partial charge in [-0.25, -0.2) is 0 Å². The summed E-state index contributed by atoms with van der Waals surface area (Å²) in [6.07, 6.45) is 1.54. The minimum absolute atomic E-state index is 0.0246. The summed E-state index contributed by atoms with van der Waals surface area (Å²) in [6, 6.07) is 7.86. The molecule has 1 aliphatic carbocycles. The lowest BCUT2D eigenvalue weighted by atomic mass is 10.1. The van der Waals surface area contributed by atoms with Crippen LogP contribution in [0, 0.1) is 0 Å². The minimum Gasteiger partial charge on any atom is -0.394 e. The molecule has 11 nitrogen and oxygen atoms in total. The first kappa shape index (κ1) is 29.7. The van der Waals surface area contributed by atoms with Gasteiger partial charge in [0.25, 0.3) is 10.9 Å². The fourth-order valence-corrected chi connectivity index (χ4v) is 4.56. The van der Waals surface area contributed by atoms with Gasteiger partial charge in [-0.05, 0) is 31.1 Å². The molecular weight excluding hydrogens is 492 g/mol. The van der Waals surface area contributed by atoms with Crippen LogP contribution in [0.25, 0.3) is 0 Å². The van der Waals surface area contributed by atoms with Crippen molar-refractivity contribution in [1.29, 1.82) is 0 Å². The molecule has 2 unspecified atom stereocenters. The van der Waals surface area contributed by atoms with Crippen LogP contribution in [0.5, 0.6) is 0 Å². The van der Waals surface area contributed by atoms with Crippen LogP contribution < -0.4 is 26.8 Å². The summed E-state index contributed by atoms with van der Waals surface area (Å²) < 4.78 is 16.9. The van der Waals surface area contributed by atoms with E-state index in [0.29, 0.717) is 46.1 Å². The average Bonchev–Trinajstić information content (AvgIpc) is 3.25. The zero-order valence-electron chi connectivity index (χ0n) is 22.3. The Morgan fingerprint density at radius 3 is 2.32 bits per heavy atom. The molecule has 3 rings (SSSR count). The topological polar surface area (TPSA) is 138 Å². The number of benzene rings is 1. The first-order chi connectivity index (χ1) is 18.5. The quantitative estimate of drug-likeness (QED) is 0.147. The van der Waals surface area contributed by atoms with Crippen molar-refractivity contribution in [3.05, 3.63) is 55.8 Å². The van der Waals surface area contributed by atoms with E-state index in [-0.39, 0.29) is 42.6 Å². The third kappa shape index (κ3) is 8.34. The van der Waals surface area contributed by atoms with E-state index in [1.807, 2.05) is 30.1 Å². The molecule has 0 aromatic heterocycles. The summed E-state index contributed by atoms with van der Waals surface area (Å²) in [4.78, 5) is 38.3. The first-order valence-corrected chi connectivity index (χ1v) is 13.2. The van der Waals surface area contributed by atoms with E-state index < -0.39 is 10.9 Å². The van der Waals surface area contributed by atoms with Crippen molar-refractivity contribution >= 4 is 17.3 Å². The molecule has 4 N–H and O–H groups in total. The number of aliphatic hydroxyl groups is 1. The third-order valence-corrected chi connectivity index (χ3v) is 6.32. The zero-order valence-corrected chi connectivity index (χ0v) is 22.3. The molecule has 0 saturated heterocycles. The maximum absolute atomic E-state index is 12.6. The number of ether oxygens (including phenoxy) is 3. The number of nitrogens with zero attached hydrogens (tertiary/aromatic N) is 1. The van der Waals surface area contributed by atoms with Crippen LogP contribution in [0.3, 0.4) is 0 Å². The molecule has 0 heterocycles. The smallest absolute Gasteiger partial charge is 0.253 e. The molecule has 0 radical (unpaired) electrons. The van der Waals surface area contributed by atoms with E-state index in [1.54, 1.807) is 0 Å². The second-order valence-corrected chi connectivity index (χ2v) is 9.31. The van der Waals surface area contributed by atoms with Gasteiger partial charge in [-0.15, -0.1) is 0 Å². The van der Waals surface area contributed by atoms with Crippen molar-refractivity contribution in [2.45, 2.75) is 31.9 Å². The molecule has 0 spiro atoms. The Morgan fingerprint density at radius 2 is 1.66 bits per heavy atom. The SMILES string of the molecule is CCCN(C)CC(=O)NC1c2ccccc2CC1OCCOCCNc1c(NCCOCCO)c(=O)c1=O. The molecule has 1 aliphatic rings.